The van der Waals surface area contributed by atoms with Gasteiger partial charge in [0.15, 0.2) is 5.44 Å². The third-order valence-electron chi connectivity index (χ3n) is 3.50. The van der Waals surface area contributed by atoms with E-state index in [0.717, 1.165) is 5.56 Å². The molecule has 0 bridgehead atoms. The average Bonchev–Trinajstić information content (AvgIpc) is 2.45. The Morgan fingerprint density at radius 1 is 1.05 bits per heavy atom. The summed E-state index contributed by atoms with van der Waals surface area (Å²) >= 11 is 0. The van der Waals surface area contributed by atoms with Crippen molar-refractivity contribution in [2.75, 3.05) is 6.61 Å². The zero-order valence-corrected chi connectivity index (χ0v) is 12.1. The number of aliphatic hydroxyl groups excluding tert-OH is 4. The van der Waals surface area contributed by atoms with Crippen molar-refractivity contribution in [1.29, 1.82) is 0 Å². The highest BCUT2D eigenvalue weighted by Gasteiger charge is 2.49. The molecule has 0 aromatic heterocycles. The number of hydrogen-bond acceptors (Lipinski definition) is 7. The van der Waals surface area contributed by atoms with Gasteiger partial charge in [-0.25, -0.2) is 8.42 Å². The largest absolute Gasteiger partial charge is 0.394 e. The third kappa shape index (κ3) is 2.96. The van der Waals surface area contributed by atoms with Crippen LogP contribution in [0.15, 0.2) is 29.2 Å². The van der Waals surface area contributed by atoms with Gasteiger partial charge in [0.1, 0.15) is 24.4 Å². The molecule has 21 heavy (non-hydrogen) atoms. The zero-order valence-electron chi connectivity index (χ0n) is 11.3. The molecular weight excluding hydrogens is 300 g/mol. The van der Waals surface area contributed by atoms with Gasteiger partial charge in [0.25, 0.3) is 0 Å². The first-order valence-corrected chi connectivity index (χ1v) is 7.94. The fourth-order valence-electron chi connectivity index (χ4n) is 2.19. The van der Waals surface area contributed by atoms with E-state index in [1.54, 1.807) is 19.1 Å². The van der Waals surface area contributed by atoms with Gasteiger partial charge in [-0.2, -0.15) is 0 Å². The van der Waals surface area contributed by atoms with Gasteiger partial charge < -0.3 is 25.2 Å². The lowest BCUT2D eigenvalue weighted by Gasteiger charge is -2.39. The Bertz CT molecular complexity index is 581. The summed E-state index contributed by atoms with van der Waals surface area (Å²) in [6.07, 6.45) is -6.38. The standard InChI is InChI=1S/C13H18O7S/c1-7-2-4-8(5-3-7)21(18,19)13-12(17)11(16)10(15)9(6-14)20-13/h2-5,9-17H,6H2,1H3/t9-,10-,11+,12-,13+/m1/s1. The molecule has 1 saturated heterocycles. The van der Waals surface area contributed by atoms with Gasteiger partial charge >= 0.3 is 0 Å². The maximum atomic E-state index is 12.5. The van der Waals surface area contributed by atoms with Gasteiger partial charge in [0.2, 0.25) is 9.84 Å². The minimum atomic E-state index is -4.08. The second-order valence-electron chi connectivity index (χ2n) is 5.06. The average molecular weight is 318 g/mol. The first-order chi connectivity index (χ1) is 9.78. The Hall–Kier alpha value is -1.03. The van der Waals surface area contributed by atoms with Crippen molar-refractivity contribution in [3.8, 4) is 0 Å². The minimum absolute atomic E-state index is 0.0718. The maximum absolute atomic E-state index is 12.5. The molecular formula is C13H18O7S. The molecule has 0 unspecified atom stereocenters. The lowest BCUT2D eigenvalue weighted by molar-refractivity contribution is -0.207. The van der Waals surface area contributed by atoms with E-state index in [9.17, 15) is 23.7 Å². The van der Waals surface area contributed by atoms with E-state index in [4.69, 9.17) is 9.84 Å². The third-order valence-corrected chi connectivity index (χ3v) is 5.43. The second-order valence-corrected chi connectivity index (χ2v) is 7.08. The number of benzene rings is 1. The molecule has 4 N–H and O–H groups in total. The summed E-state index contributed by atoms with van der Waals surface area (Å²) in [5.41, 5.74) is -0.890. The first kappa shape index (κ1) is 16.3. The molecule has 1 fully saturated rings. The van der Waals surface area contributed by atoms with Gasteiger partial charge in [-0.15, -0.1) is 0 Å². The molecule has 0 saturated carbocycles. The van der Waals surface area contributed by atoms with E-state index in [2.05, 4.69) is 0 Å². The molecule has 0 aliphatic carbocycles. The Labute approximate surface area is 122 Å². The Morgan fingerprint density at radius 3 is 2.14 bits per heavy atom. The lowest BCUT2D eigenvalue weighted by atomic mass is 10.0. The van der Waals surface area contributed by atoms with Gasteiger partial charge in [-0.05, 0) is 19.1 Å². The van der Waals surface area contributed by atoms with Crippen LogP contribution in [0.2, 0.25) is 0 Å². The molecule has 1 aliphatic rings. The van der Waals surface area contributed by atoms with Gasteiger partial charge in [0.05, 0.1) is 11.5 Å². The van der Waals surface area contributed by atoms with Crippen molar-refractivity contribution in [2.24, 2.45) is 0 Å². The summed E-state index contributed by atoms with van der Waals surface area (Å²) in [7, 11) is -4.08. The summed E-state index contributed by atoms with van der Waals surface area (Å²) < 4.78 is 30.0. The molecule has 5 atom stereocenters. The van der Waals surface area contributed by atoms with Gasteiger partial charge in [-0.3, -0.25) is 0 Å². The van der Waals surface area contributed by atoms with E-state index in [1.807, 2.05) is 0 Å². The van der Waals surface area contributed by atoms with Gasteiger partial charge in [-0.1, -0.05) is 17.7 Å². The lowest BCUT2D eigenvalue weighted by Crippen LogP contribution is -2.60. The number of ether oxygens (including phenoxy) is 1. The van der Waals surface area contributed by atoms with Crippen LogP contribution in [-0.2, 0) is 14.6 Å². The molecule has 7 nitrogen and oxygen atoms in total. The highest BCUT2D eigenvalue weighted by molar-refractivity contribution is 7.92. The van der Waals surface area contributed by atoms with Crippen LogP contribution >= 0.6 is 0 Å². The molecule has 8 heteroatoms. The Kier molecular flexibility index (Phi) is 4.66. The summed E-state index contributed by atoms with van der Waals surface area (Å²) in [5, 5.41) is 38.3. The van der Waals surface area contributed by atoms with Crippen LogP contribution < -0.4 is 0 Å². The van der Waals surface area contributed by atoms with E-state index in [1.165, 1.54) is 12.1 Å². The van der Waals surface area contributed by atoms with E-state index >= 15 is 0 Å². The van der Waals surface area contributed by atoms with Crippen molar-refractivity contribution >= 4 is 9.84 Å². The van der Waals surface area contributed by atoms with Crippen molar-refractivity contribution in [3.63, 3.8) is 0 Å². The number of aryl methyl sites for hydroxylation is 1. The monoisotopic (exact) mass is 318 g/mol. The fourth-order valence-corrected chi connectivity index (χ4v) is 3.79. The first-order valence-electron chi connectivity index (χ1n) is 6.40. The normalized spacial score (nSPS) is 33.9. The van der Waals surface area contributed by atoms with E-state index in [0.29, 0.717) is 0 Å². The van der Waals surface area contributed by atoms with Gasteiger partial charge in [0, 0.05) is 0 Å². The molecule has 1 aromatic rings. The van der Waals surface area contributed by atoms with Crippen molar-refractivity contribution < 1.29 is 33.6 Å². The highest BCUT2D eigenvalue weighted by Crippen LogP contribution is 2.28. The maximum Gasteiger partial charge on any atom is 0.207 e. The molecule has 0 spiro atoms. The summed E-state index contributed by atoms with van der Waals surface area (Å²) in [4.78, 5) is -0.0718. The minimum Gasteiger partial charge on any atom is -0.394 e. The Balaban J connectivity index is 2.36. The Morgan fingerprint density at radius 2 is 1.62 bits per heavy atom. The number of hydrogen-bond donors (Lipinski definition) is 4. The van der Waals surface area contributed by atoms with E-state index < -0.39 is 46.3 Å². The highest BCUT2D eigenvalue weighted by atomic mass is 32.2. The molecule has 1 heterocycles. The van der Waals surface area contributed by atoms with Crippen molar-refractivity contribution in [1.82, 2.24) is 0 Å². The number of aliphatic hydroxyl groups is 4. The van der Waals surface area contributed by atoms with Crippen molar-refractivity contribution in [3.05, 3.63) is 29.8 Å². The summed E-state index contributed by atoms with van der Waals surface area (Å²) in [5.74, 6) is 0. The number of rotatable bonds is 3. The zero-order chi connectivity index (χ0) is 15.8. The smallest absolute Gasteiger partial charge is 0.207 e. The summed E-state index contributed by atoms with van der Waals surface area (Å²) in [6.45, 7) is 1.12. The van der Waals surface area contributed by atoms with E-state index in [-0.39, 0.29) is 4.90 Å². The van der Waals surface area contributed by atoms with Crippen molar-refractivity contribution in [2.45, 2.75) is 41.7 Å². The van der Waals surface area contributed by atoms with Crippen LogP contribution in [0.5, 0.6) is 0 Å². The second kappa shape index (κ2) is 5.99. The van der Waals surface area contributed by atoms with Crippen LogP contribution in [-0.4, -0.2) is 65.3 Å². The molecule has 1 aliphatic heterocycles. The van der Waals surface area contributed by atoms with Crippen LogP contribution in [0.4, 0.5) is 0 Å². The van der Waals surface area contributed by atoms with Crippen LogP contribution in [0.3, 0.4) is 0 Å². The SMILES string of the molecule is Cc1ccc(S(=O)(=O)[C@@H]2O[C@H](CO)[C@@H](O)[C@H](O)[C@H]2O)cc1. The fraction of sp³-hybridized carbons (Fsp3) is 0.538. The molecule has 118 valence electrons. The summed E-state index contributed by atoms with van der Waals surface area (Å²) in [6, 6.07) is 5.92. The molecule has 0 amide bonds. The molecule has 2 rings (SSSR count). The van der Waals surface area contributed by atoms with Crippen LogP contribution in [0, 0.1) is 6.92 Å². The quantitative estimate of drug-likeness (QED) is 0.538. The molecule has 0 radical (unpaired) electrons. The predicted octanol–water partition coefficient (Wildman–Crippen LogP) is -1.43. The topological polar surface area (TPSA) is 124 Å². The predicted molar refractivity (Wildman–Crippen MR) is 72.1 cm³/mol. The number of sulfone groups is 1. The van der Waals surface area contributed by atoms with Crippen LogP contribution in [0.1, 0.15) is 5.56 Å². The van der Waals surface area contributed by atoms with Crippen LogP contribution in [0.25, 0.3) is 0 Å². The molecule has 1 aromatic carbocycles.